The van der Waals surface area contributed by atoms with Crippen molar-refractivity contribution in [1.82, 2.24) is 10.2 Å². The molecule has 2 N–H and O–H groups in total. The summed E-state index contributed by atoms with van der Waals surface area (Å²) in [5.41, 5.74) is -0.616. The smallest absolute Gasteiger partial charge is 0.303 e. The Bertz CT molecular complexity index is 367. The van der Waals surface area contributed by atoms with Gasteiger partial charge in [-0.3, -0.25) is 14.4 Å². The first-order valence-corrected chi connectivity index (χ1v) is 7.48. The fourth-order valence-electron chi connectivity index (χ4n) is 2.05. The second-order valence-electron chi connectivity index (χ2n) is 6.08. The van der Waals surface area contributed by atoms with Crippen molar-refractivity contribution < 1.29 is 19.5 Å². The zero-order valence-corrected chi connectivity index (χ0v) is 13.6. The molecule has 0 radical (unpaired) electrons. The molecule has 6 nitrogen and oxygen atoms in total. The van der Waals surface area contributed by atoms with Gasteiger partial charge in [-0.2, -0.15) is 0 Å². The maximum Gasteiger partial charge on any atom is 0.303 e. The Labute approximate surface area is 126 Å². The largest absolute Gasteiger partial charge is 0.481 e. The van der Waals surface area contributed by atoms with Crippen molar-refractivity contribution in [3.8, 4) is 0 Å². The Hall–Kier alpha value is -1.59. The molecule has 0 rings (SSSR count). The van der Waals surface area contributed by atoms with E-state index in [2.05, 4.69) is 5.32 Å². The summed E-state index contributed by atoms with van der Waals surface area (Å²) in [6.07, 6.45) is 1.66. The Kier molecular flexibility index (Phi) is 8.66. The molecule has 0 aliphatic heterocycles. The van der Waals surface area contributed by atoms with Gasteiger partial charge in [0.25, 0.3) is 0 Å². The summed E-state index contributed by atoms with van der Waals surface area (Å²) in [5, 5.41) is 11.6. The highest BCUT2D eigenvalue weighted by Gasteiger charge is 2.28. The minimum Gasteiger partial charge on any atom is -0.481 e. The van der Waals surface area contributed by atoms with E-state index < -0.39 is 11.4 Å². The first-order chi connectivity index (χ1) is 9.71. The van der Waals surface area contributed by atoms with E-state index in [0.29, 0.717) is 13.1 Å². The molecule has 122 valence electrons. The van der Waals surface area contributed by atoms with Gasteiger partial charge in [0.15, 0.2) is 0 Å². The van der Waals surface area contributed by atoms with Crippen molar-refractivity contribution in [1.29, 1.82) is 0 Å². The van der Waals surface area contributed by atoms with Crippen LogP contribution >= 0.6 is 0 Å². The van der Waals surface area contributed by atoms with Gasteiger partial charge in [-0.05, 0) is 18.3 Å². The third kappa shape index (κ3) is 9.05. The molecule has 0 aromatic rings. The zero-order valence-electron chi connectivity index (χ0n) is 13.6. The minimum absolute atomic E-state index is 0.0375. The van der Waals surface area contributed by atoms with Crippen molar-refractivity contribution in [2.24, 2.45) is 5.41 Å². The Morgan fingerprint density at radius 3 is 2.19 bits per heavy atom. The fraction of sp³-hybridized carbons (Fsp3) is 0.800. The van der Waals surface area contributed by atoms with Crippen LogP contribution in [0.1, 0.15) is 53.4 Å². The van der Waals surface area contributed by atoms with E-state index in [1.807, 2.05) is 13.8 Å². The number of carbonyl (C=O) groups excluding carboxylic acids is 2. The van der Waals surface area contributed by atoms with E-state index in [9.17, 15) is 14.4 Å². The van der Waals surface area contributed by atoms with Crippen LogP contribution in [0, 0.1) is 5.41 Å². The number of hydrogen-bond acceptors (Lipinski definition) is 3. The van der Waals surface area contributed by atoms with E-state index in [1.54, 1.807) is 13.8 Å². The lowest BCUT2D eigenvalue weighted by atomic mass is 9.85. The first kappa shape index (κ1) is 19.4. The number of carbonyl (C=O) groups is 3. The van der Waals surface area contributed by atoms with E-state index >= 15 is 0 Å². The van der Waals surface area contributed by atoms with Crippen LogP contribution in [0.25, 0.3) is 0 Å². The van der Waals surface area contributed by atoms with Gasteiger partial charge >= 0.3 is 5.97 Å². The molecule has 0 aliphatic rings. The number of hydrogen-bond donors (Lipinski definition) is 2. The molecule has 0 bridgehead atoms. The molecule has 0 aromatic carbocycles. The van der Waals surface area contributed by atoms with Gasteiger partial charge in [-0.15, -0.1) is 0 Å². The lowest BCUT2D eigenvalue weighted by Gasteiger charge is -2.27. The molecule has 0 unspecified atom stereocenters. The summed E-state index contributed by atoms with van der Waals surface area (Å²) < 4.78 is 0. The lowest BCUT2D eigenvalue weighted by Crippen LogP contribution is -2.42. The molecule has 0 atom stereocenters. The number of amides is 2. The molecule has 0 heterocycles. The Morgan fingerprint density at radius 1 is 1.10 bits per heavy atom. The quantitative estimate of drug-likeness (QED) is 0.642. The Morgan fingerprint density at radius 2 is 1.71 bits per heavy atom. The van der Waals surface area contributed by atoms with Crippen LogP contribution in [0.3, 0.4) is 0 Å². The molecule has 0 aliphatic carbocycles. The van der Waals surface area contributed by atoms with Gasteiger partial charge in [0.1, 0.15) is 0 Å². The van der Waals surface area contributed by atoms with Crippen molar-refractivity contribution in [2.45, 2.75) is 53.4 Å². The molecular weight excluding hydrogens is 272 g/mol. The molecule has 0 saturated heterocycles. The number of rotatable bonds is 10. The van der Waals surface area contributed by atoms with Gasteiger partial charge < -0.3 is 15.3 Å². The number of carboxylic acids is 1. The second kappa shape index (κ2) is 9.37. The van der Waals surface area contributed by atoms with Crippen LogP contribution < -0.4 is 5.32 Å². The molecule has 21 heavy (non-hydrogen) atoms. The predicted molar refractivity (Wildman–Crippen MR) is 80.8 cm³/mol. The van der Waals surface area contributed by atoms with Crippen molar-refractivity contribution in [3.63, 3.8) is 0 Å². The summed E-state index contributed by atoms with van der Waals surface area (Å²) in [6.45, 7) is 8.53. The highest BCUT2D eigenvalue weighted by molar-refractivity contribution is 5.85. The topological polar surface area (TPSA) is 86.7 Å². The van der Waals surface area contributed by atoms with Crippen LogP contribution in [0.15, 0.2) is 0 Å². The van der Waals surface area contributed by atoms with Crippen LogP contribution in [0.4, 0.5) is 0 Å². The number of nitrogens with zero attached hydrogens (tertiary/aromatic N) is 1. The van der Waals surface area contributed by atoms with Crippen molar-refractivity contribution in [3.05, 3.63) is 0 Å². The molecule has 0 spiro atoms. The standard InChI is InChI=1S/C15H28N2O4/c1-5-7-16-12(18)11-17(8-6-2)13(19)9-15(3,4)10-14(20)21/h5-11H2,1-4H3,(H,16,18)(H,20,21). The number of aliphatic carboxylic acids is 1. The summed E-state index contributed by atoms with van der Waals surface area (Å²) in [5.74, 6) is -1.26. The van der Waals surface area contributed by atoms with Crippen LogP contribution in [0.5, 0.6) is 0 Å². The van der Waals surface area contributed by atoms with Gasteiger partial charge in [0.05, 0.1) is 13.0 Å². The van der Waals surface area contributed by atoms with E-state index in [0.717, 1.165) is 12.8 Å². The lowest BCUT2D eigenvalue weighted by molar-refractivity contribution is -0.142. The third-order valence-electron chi connectivity index (χ3n) is 3.01. The van der Waals surface area contributed by atoms with Crippen LogP contribution in [0.2, 0.25) is 0 Å². The molecule has 6 heteroatoms. The monoisotopic (exact) mass is 300 g/mol. The molecule has 2 amide bonds. The predicted octanol–water partition coefficient (Wildman–Crippen LogP) is 1.64. The van der Waals surface area contributed by atoms with Gasteiger partial charge in [-0.25, -0.2) is 0 Å². The molecular formula is C15H28N2O4. The van der Waals surface area contributed by atoms with E-state index in [-0.39, 0.29) is 31.2 Å². The van der Waals surface area contributed by atoms with E-state index in [1.165, 1.54) is 4.90 Å². The molecule has 0 aromatic heterocycles. The number of nitrogens with one attached hydrogen (secondary N) is 1. The second-order valence-corrected chi connectivity index (χ2v) is 6.08. The highest BCUT2D eigenvalue weighted by atomic mass is 16.4. The maximum absolute atomic E-state index is 12.3. The summed E-state index contributed by atoms with van der Waals surface area (Å²) in [4.78, 5) is 36.3. The molecule has 0 fully saturated rings. The van der Waals surface area contributed by atoms with Crippen molar-refractivity contribution >= 4 is 17.8 Å². The summed E-state index contributed by atoms with van der Waals surface area (Å²) >= 11 is 0. The summed E-state index contributed by atoms with van der Waals surface area (Å²) in [7, 11) is 0. The van der Waals surface area contributed by atoms with E-state index in [4.69, 9.17) is 5.11 Å². The zero-order chi connectivity index (χ0) is 16.5. The normalized spacial score (nSPS) is 11.0. The number of carboxylic acid groups (broad SMARTS) is 1. The van der Waals surface area contributed by atoms with Crippen molar-refractivity contribution in [2.75, 3.05) is 19.6 Å². The SMILES string of the molecule is CCCNC(=O)CN(CCC)C(=O)CC(C)(C)CC(=O)O. The Balaban J connectivity index is 4.60. The highest BCUT2D eigenvalue weighted by Crippen LogP contribution is 2.26. The van der Waals surface area contributed by atoms with Gasteiger partial charge in [0.2, 0.25) is 11.8 Å². The average molecular weight is 300 g/mol. The van der Waals surface area contributed by atoms with Crippen LogP contribution in [-0.4, -0.2) is 47.4 Å². The van der Waals surface area contributed by atoms with Gasteiger partial charge in [0, 0.05) is 19.5 Å². The minimum atomic E-state index is -0.921. The van der Waals surface area contributed by atoms with Crippen LogP contribution in [-0.2, 0) is 14.4 Å². The van der Waals surface area contributed by atoms with Gasteiger partial charge in [-0.1, -0.05) is 27.7 Å². The maximum atomic E-state index is 12.3. The average Bonchev–Trinajstić information content (AvgIpc) is 2.33. The molecule has 0 saturated carbocycles. The first-order valence-electron chi connectivity index (χ1n) is 7.48. The fourth-order valence-corrected chi connectivity index (χ4v) is 2.05. The third-order valence-corrected chi connectivity index (χ3v) is 3.01. The summed E-state index contributed by atoms with van der Waals surface area (Å²) in [6, 6.07) is 0.